The lowest BCUT2D eigenvalue weighted by atomic mass is 9.87. The normalized spacial score (nSPS) is 19.1. The van der Waals surface area contributed by atoms with Crippen LogP contribution in [0.25, 0.3) is 0 Å². The van der Waals surface area contributed by atoms with Gasteiger partial charge in [-0.25, -0.2) is 0 Å². The van der Waals surface area contributed by atoms with Crippen molar-refractivity contribution >= 4 is 63.5 Å². The van der Waals surface area contributed by atoms with Crippen molar-refractivity contribution in [2.75, 3.05) is 6.54 Å². The van der Waals surface area contributed by atoms with E-state index in [-0.39, 0.29) is 31.1 Å². The van der Waals surface area contributed by atoms with Gasteiger partial charge in [0.15, 0.2) is 11.4 Å². The molecule has 0 fully saturated rings. The third kappa shape index (κ3) is 4.96. The SMILES string of the molecule is CC1(c2cc(Cl)c(Cl)c(Cl)c2)CC(c2sc(C(=O)CCC(=O)NCC#N)c3c2CCCC3)=NO1. The van der Waals surface area contributed by atoms with Crippen molar-refractivity contribution in [1.29, 1.82) is 5.26 Å². The summed E-state index contributed by atoms with van der Waals surface area (Å²) in [6, 6.07) is 5.34. The summed E-state index contributed by atoms with van der Waals surface area (Å²) in [6.07, 6.45) is 4.45. The third-order valence-corrected chi connectivity index (χ3v) is 8.70. The number of rotatable bonds is 7. The third-order valence-electron chi connectivity index (χ3n) is 6.14. The molecule has 2 aromatic rings. The molecule has 0 spiro atoms. The van der Waals surface area contributed by atoms with E-state index < -0.39 is 5.60 Å². The van der Waals surface area contributed by atoms with Crippen LogP contribution in [0, 0.1) is 11.3 Å². The van der Waals surface area contributed by atoms with Crippen LogP contribution in [0.5, 0.6) is 0 Å². The summed E-state index contributed by atoms with van der Waals surface area (Å²) in [4.78, 5) is 32.4. The number of benzene rings is 1. The van der Waals surface area contributed by atoms with E-state index in [0.717, 1.165) is 53.0 Å². The molecule has 1 unspecified atom stereocenters. The van der Waals surface area contributed by atoms with Gasteiger partial charge in [0.05, 0.1) is 30.9 Å². The maximum absolute atomic E-state index is 13.0. The summed E-state index contributed by atoms with van der Waals surface area (Å²) in [5.74, 6) is -0.356. The number of ketones is 1. The number of Topliss-reactive ketones (excluding diaryl/α,β-unsaturated/α-hetero) is 1. The van der Waals surface area contributed by atoms with Crippen molar-refractivity contribution < 1.29 is 14.4 Å². The number of carbonyl (C=O) groups excluding carboxylic acids is 2. The number of fused-ring (bicyclic) bond motifs is 1. The van der Waals surface area contributed by atoms with E-state index in [1.165, 1.54) is 11.3 Å². The Labute approximate surface area is 216 Å². The first-order chi connectivity index (χ1) is 16.2. The molecule has 6 nitrogen and oxygen atoms in total. The number of nitrogens with zero attached hydrogens (tertiary/aromatic N) is 2. The molecule has 0 bridgehead atoms. The standard InChI is InChI=1S/C24H22Cl3N3O3S/c1-24(13-10-16(25)21(27)17(26)11-13)12-18(30-33-24)22-14-4-2-3-5-15(14)23(34-22)19(31)6-7-20(32)29-9-8-28/h10-11H,2-7,9,12H2,1H3,(H,29,32). The van der Waals surface area contributed by atoms with Crippen LogP contribution in [0.3, 0.4) is 0 Å². The quantitative estimate of drug-likeness (QED) is 0.257. The van der Waals surface area contributed by atoms with Crippen LogP contribution < -0.4 is 5.32 Å². The zero-order valence-electron chi connectivity index (χ0n) is 18.5. The molecule has 2 aliphatic rings. The minimum absolute atomic E-state index is 0.0555. The van der Waals surface area contributed by atoms with E-state index in [1.54, 1.807) is 12.1 Å². The van der Waals surface area contributed by atoms with Gasteiger partial charge in [0.2, 0.25) is 5.91 Å². The Morgan fingerprint density at radius 2 is 1.85 bits per heavy atom. The predicted octanol–water partition coefficient (Wildman–Crippen LogP) is 6.23. The van der Waals surface area contributed by atoms with Crippen LogP contribution >= 0.6 is 46.1 Å². The lowest BCUT2D eigenvalue weighted by Gasteiger charge is -2.23. The number of halogens is 3. The smallest absolute Gasteiger partial charge is 0.221 e. The van der Waals surface area contributed by atoms with Crippen molar-refractivity contribution in [1.82, 2.24) is 5.32 Å². The fourth-order valence-corrected chi connectivity index (χ4v) is 6.27. The van der Waals surface area contributed by atoms with Gasteiger partial charge in [0.1, 0.15) is 12.3 Å². The van der Waals surface area contributed by atoms with Crippen molar-refractivity contribution in [2.45, 2.75) is 57.5 Å². The fraction of sp³-hybridized carbons (Fsp3) is 0.417. The molecule has 1 N–H and O–H groups in total. The number of amides is 1. The second-order valence-corrected chi connectivity index (χ2v) is 10.8. The minimum Gasteiger partial charge on any atom is -0.384 e. The molecular formula is C24H22Cl3N3O3S. The van der Waals surface area contributed by atoms with Gasteiger partial charge >= 0.3 is 0 Å². The van der Waals surface area contributed by atoms with E-state index in [1.807, 2.05) is 13.0 Å². The molecule has 34 heavy (non-hydrogen) atoms. The molecule has 1 atom stereocenters. The Morgan fingerprint density at radius 3 is 2.53 bits per heavy atom. The highest BCUT2D eigenvalue weighted by molar-refractivity contribution is 7.16. The van der Waals surface area contributed by atoms with Gasteiger partial charge in [-0.3, -0.25) is 9.59 Å². The lowest BCUT2D eigenvalue weighted by molar-refractivity contribution is -0.120. The lowest BCUT2D eigenvalue weighted by Crippen LogP contribution is -2.23. The Balaban J connectivity index is 1.57. The Bertz CT molecular complexity index is 1210. The molecule has 10 heteroatoms. The van der Waals surface area contributed by atoms with Crippen molar-refractivity contribution in [3.8, 4) is 6.07 Å². The van der Waals surface area contributed by atoms with Crippen molar-refractivity contribution in [3.63, 3.8) is 0 Å². The number of carbonyl (C=O) groups is 2. The molecule has 178 valence electrons. The molecule has 0 saturated carbocycles. The molecule has 1 aromatic heterocycles. The molecular weight excluding hydrogens is 517 g/mol. The first-order valence-corrected chi connectivity index (χ1v) is 12.9. The van der Waals surface area contributed by atoms with Crippen LogP contribution in [0.1, 0.15) is 70.3 Å². The van der Waals surface area contributed by atoms with Crippen LogP contribution in [0.15, 0.2) is 17.3 Å². The topological polar surface area (TPSA) is 91.6 Å². The Kier molecular flexibility index (Phi) is 7.54. The van der Waals surface area contributed by atoms with E-state index in [9.17, 15) is 9.59 Å². The zero-order chi connectivity index (χ0) is 24.5. The molecule has 2 heterocycles. The van der Waals surface area contributed by atoms with Gasteiger partial charge in [0.25, 0.3) is 0 Å². The van der Waals surface area contributed by atoms with Gasteiger partial charge in [-0.2, -0.15) is 5.26 Å². The number of oxime groups is 1. The number of hydrogen-bond donors (Lipinski definition) is 1. The average molecular weight is 539 g/mol. The van der Waals surface area contributed by atoms with Gasteiger partial charge in [0, 0.05) is 24.8 Å². The van der Waals surface area contributed by atoms with E-state index in [4.69, 9.17) is 44.9 Å². The second kappa shape index (κ2) is 10.2. The highest BCUT2D eigenvalue weighted by Gasteiger charge is 2.39. The number of nitriles is 1. The molecule has 1 aromatic carbocycles. The zero-order valence-corrected chi connectivity index (χ0v) is 21.6. The first kappa shape index (κ1) is 25.0. The van der Waals surface area contributed by atoms with Gasteiger partial charge in [-0.05, 0) is 55.9 Å². The molecule has 0 radical (unpaired) electrons. The average Bonchev–Trinajstić information content (AvgIpc) is 3.41. The number of thiophene rings is 1. The Morgan fingerprint density at radius 1 is 1.18 bits per heavy atom. The number of nitrogens with one attached hydrogen (secondary N) is 1. The van der Waals surface area contributed by atoms with E-state index >= 15 is 0 Å². The van der Waals surface area contributed by atoms with Crippen molar-refractivity contribution in [3.05, 3.63) is 53.6 Å². The number of hydrogen-bond acceptors (Lipinski definition) is 6. The molecule has 1 amide bonds. The largest absolute Gasteiger partial charge is 0.384 e. The minimum atomic E-state index is -0.762. The summed E-state index contributed by atoms with van der Waals surface area (Å²) in [5.41, 5.74) is 3.03. The maximum Gasteiger partial charge on any atom is 0.221 e. The Hall–Kier alpha value is -2.11. The highest BCUT2D eigenvalue weighted by atomic mass is 35.5. The van der Waals surface area contributed by atoms with Crippen LogP contribution in [0.4, 0.5) is 0 Å². The van der Waals surface area contributed by atoms with Crippen molar-refractivity contribution in [2.24, 2.45) is 5.16 Å². The van der Waals surface area contributed by atoms with E-state index in [2.05, 4.69) is 10.5 Å². The summed E-state index contributed by atoms with van der Waals surface area (Å²) >= 11 is 20.0. The summed E-state index contributed by atoms with van der Waals surface area (Å²) in [7, 11) is 0. The summed E-state index contributed by atoms with van der Waals surface area (Å²) < 4.78 is 0. The fourth-order valence-electron chi connectivity index (χ4n) is 4.33. The molecule has 4 rings (SSSR count). The first-order valence-electron chi connectivity index (χ1n) is 11.0. The molecule has 0 saturated heterocycles. The highest BCUT2D eigenvalue weighted by Crippen LogP contribution is 2.44. The van der Waals surface area contributed by atoms with Gasteiger partial charge in [-0.1, -0.05) is 40.0 Å². The monoisotopic (exact) mass is 537 g/mol. The van der Waals surface area contributed by atoms with E-state index in [0.29, 0.717) is 26.4 Å². The van der Waals surface area contributed by atoms with Gasteiger partial charge in [-0.15, -0.1) is 11.3 Å². The molecule has 1 aliphatic heterocycles. The maximum atomic E-state index is 13.0. The predicted molar refractivity (Wildman–Crippen MR) is 134 cm³/mol. The van der Waals surface area contributed by atoms with Crippen LogP contribution in [-0.4, -0.2) is 23.9 Å². The second-order valence-electron chi connectivity index (χ2n) is 8.57. The van der Waals surface area contributed by atoms with Crippen LogP contribution in [-0.2, 0) is 28.1 Å². The van der Waals surface area contributed by atoms with Gasteiger partial charge < -0.3 is 10.2 Å². The summed E-state index contributed by atoms with van der Waals surface area (Å²) in [6.45, 7) is 1.86. The summed E-state index contributed by atoms with van der Waals surface area (Å²) in [5, 5.41) is 16.5. The molecule has 1 aliphatic carbocycles. The van der Waals surface area contributed by atoms with Crippen LogP contribution in [0.2, 0.25) is 15.1 Å².